The molecule has 3 aromatic carbocycles. The van der Waals surface area contributed by atoms with Gasteiger partial charge in [0.1, 0.15) is 12.6 Å². The fourth-order valence-corrected chi connectivity index (χ4v) is 4.93. The maximum Gasteiger partial charge on any atom is 0.244 e. The molecular formula is C28H32ClN3O4S. The van der Waals surface area contributed by atoms with E-state index in [1.165, 1.54) is 4.90 Å². The van der Waals surface area contributed by atoms with Crippen LogP contribution in [-0.2, 0) is 32.6 Å². The lowest BCUT2D eigenvalue weighted by atomic mass is 10.0. The molecule has 0 aliphatic rings. The van der Waals surface area contributed by atoms with E-state index in [-0.39, 0.29) is 18.9 Å². The van der Waals surface area contributed by atoms with Crippen LogP contribution in [0.1, 0.15) is 23.6 Å². The summed E-state index contributed by atoms with van der Waals surface area (Å²) >= 11 is 5.98. The van der Waals surface area contributed by atoms with Gasteiger partial charge in [0.25, 0.3) is 0 Å². The van der Waals surface area contributed by atoms with Crippen molar-refractivity contribution in [1.29, 1.82) is 0 Å². The number of benzene rings is 3. The third-order valence-electron chi connectivity index (χ3n) is 5.89. The average Bonchev–Trinajstić information content (AvgIpc) is 2.86. The molecule has 0 saturated carbocycles. The summed E-state index contributed by atoms with van der Waals surface area (Å²) in [6.07, 6.45) is 1.33. The van der Waals surface area contributed by atoms with Crippen molar-refractivity contribution in [1.82, 2.24) is 10.2 Å². The Morgan fingerprint density at radius 1 is 0.919 bits per heavy atom. The lowest BCUT2D eigenvalue weighted by Gasteiger charge is -2.33. The summed E-state index contributed by atoms with van der Waals surface area (Å²) in [6, 6.07) is 22.5. The number of nitrogens with one attached hydrogen (secondary N) is 1. The van der Waals surface area contributed by atoms with Crippen molar-refractivity contribution in [3.63, 3.8) is 0 Å². The zero-order valence-electron chi connectivity index (χ0n) is 21.2. The van der Waals surface area contributed by atoms with E-state index in [1.54, 1.807) is 24.3 Å². The minimum absolute atomic E-state index is 0.145. The number of aryl methyl sites for hydroxylation is 1. The van der Waals surface area contributed by atoms with Crippen molar-refractivity contribution in [2.24, 2.45) is 0 Å². The molecule has 0 saturated heterocycles. The normalized spacial score (nSPS) is 12.0. The topological polar surface area (TPSA) is 86.8 Å². The van der Waals surface area contributed by atoms with E-state index in [1.807, 2.05) is 68.4 Å². The van der Waals surface area contributed by atoms with Gasteiger partial charge in [-0.15, -0.1) is 0 Å². The van der Waals surface area contributed by atoms with Crippen LogP contribution in [0.4, 0.5) is 5.69 Å². The van der Waals surface area contributed by atoms with Crippen LogP contribution in [0, 0.1) is 6.92 Å². The van der Waals surface area contributed by atoms with Crippen LogP contribution < -0.4 is 9.62 Å². The summed E-state index contributed by atoms with van der Waals surface area (Å²) < 4.78 is 26.5. The van der Waals surface area contributed by atoms with Crippen molar-refractivity contribution < 1.29 is 18.0 Å². The number of hydrogen-bond donors (Lipinski definition) is 1. The Balaban J connectivity index is 2.02. The van der Waals surface area contributed by atoms with Crippen LogP contribution >= 0.6 is 11.6 Å². The van der Waals surface area contributed by atoms with Crippen LogP contribution in [0.2, 0.25) is 5.02 Å². The second kappa shape index (κ2) is 12.7. The van der Waals surface area contributed by atoms with E-state index < -0.39 is 28.5 Å². The van der Waals surface area contributed by atoms with Gasteiger partial charge in [-0.2, -0.15) is 0 Å². The van der Waals surface area contributed by atoms with Crippen molar-refractivity contribution in [3.05, 3.63) is 101 Å². The Kier molecular flexibility index (Phi) is 9.72. The van der Waals surface area contributed by atoms with Gasteiger partial charge in [0.2, 0.25) is 21.8 Å². The molecule has 1 N–H and O–H groups in total. The van der Waals surface area contributed by atoms with Gasteiger partial charge >= 0.3 is 0 Å². The van der Waals surface area contributed by atoms with Crippen LogP contribution in [0.15, 0.2) is 78.9 Å². The number of anilines is 1. The van der Waals surface area contributed by atoms with Crippen LogP contribution in [0.25, 0.3) is 0 Å². The molecule has 7 nitrogen and oxygen atoms in total. The predicted octanol–water partition coefficient (Wildman–Crippen LogP) is 4.19. The molecule has 0 fully saturated rings. The van der Waals surface area contributed by atoms with E-state index in [2.05, 4.69) is 5.32 Å². The number of nitrogens with zero attached hydrogens (tertiary/aromatic N) is 2. The van der Waals surface area contributed by atoms with Gasteiger partial charge in [0.15, 0.2) is 0 Å². The number of sulfonamides is 1. The Labute approximate surface area is 224 Å². The number of rotatable bonds is 11. The molecule has 3 rings (SSSR count). The number of amides is 2. The van der Waals surface area contributed by atoms with Crippen LogP contribution in [0.5, 0.6) is 0 Å². The lowest BCUT2D eigenvalue weighted by Crippen LogP contribution is -2.53. The molecule has 3 aromatic rings. The number of carbonyl (C=O) groups is 2. The van der Waals surface area contributed by atoms with Gasteiger partial charge in [-0.05, 0) is 49.2 Å². The summed E-state index contributed by atoms with van der Waals surface area (Å²) in [5.41, 5.74) is 3.10. The van der Waals surface area contributed by atoms with Crippen molar-refractivity contribution in [2.45, 2.75) is 32.9 Å². The van der Waals surface area contributed by atoms with Crippen LogP contribution in [0.3, 0.4) is 0 Å². The maximum absolute atomic E-state index is 13.9. The predicted molar refractivity (Wildman–Crippen MR) is 148 cm³/mol. The highest BCUT2D eigenvalue weighted by molar-refractivity contribution is 7.92. The zero-order valence-corrected chi connectivity index (χ0v) is 22.8. The number of likely N-dealkylation sites (N-methyl/N-ethyl adjacent to an activating group) is 1. The molecular weight excluding hydrogens is 510 g/mol. The molecule has 2 amide bonds. The first-order valence-electron chi connectivity index (χ1n) is 12.0. The summed E-state index contributed by atoms with van der Waals surface area (Å²) in [7, 11) is -3.81. The third-order valence-corrected chi connectivity index (χ3v) is 7.28. The second-order valence-electron chi connectivity index (χ2n) is 8.85. The van der Waals surface area contributed by atoms with Gasteiger partial charge < -0.3 is 10.2 Å². The first-order valence-corrected chi connectivity index (χ1v) is 14.2. The standard InChI is InChI=1S/C28H32ClN3O4S/c1-4-30-28(34)26(18-22-8-6-5-7-9-22)31(19-23-12-10-21(2)11-13-23)27(33)20-32(37(3,35)36)25-16-14-24(29)15-17-25/h5-17,26H,4,18-20H2,1-3H3,(H,30,34)/t26-/m0/s1. The number of hydrogen-bond acceptors (Lipinski definition) is 4. The molecule has 0 aliphatic carbocycles. The first kappa shape index (κ1) is 28.2. The molecule has 0 bridgehead atoms. The molecule has 37 heavy (non-hydrogen) atoms. The SMILES string of the molecule is CCNC(=O)[C@H](Cc1ccccc1)N(Cc1ccc(C)cc1)C(=O)CN(c1ccc(Cl)cc1)S(C)(=O)=O. The highest BCUT2D eigenvalue weighted by atomic mass is 35.5. The number of carbonyl (C=O) groups excluding carboxylic acids is 2. The minimum atomic E-state index is -3.81. The smallest absolute Gasteiger partial charge is 0.244 e. The van der Waals surface area contributed by atoms with Gasteiger partial charge in [-0.3, -0.25) is 13.9 Å². The van der Waals surface area contributed by atoms with E-state index in [9.17, 15) is 18.0 Å². The van der Waals surface area contributed by atoms with Crippen molar-refractivity contribution in [2.75, 3.05) is 23.7 Å². The maximum atomic E-state index is 13.9. The van der Waals surface area contributed by atoms with Crippen LogP contribution in [-0.4, -0.2) is 50.5 Å². The van der Waals surface area contributed by atoms with Gasteiger partial charge in [0.05, 0.1) is 11.9 Å². The van der Waals surface area contributed by atoms with E-state index in [0.717, 1.165) is 27.3 Å². The number of halogens is 1. The van der Waals surface area contributed by atoms with Crippen molar-refractivity contribution in [3.8, 4) is 0 Å². The molecule has 0 aromatic heterocycles. The Bertz CT molecular complexity index is 1300. The summed E-state index contributed by atoms with van der Waals surface area (Å²) in [4.78, 5) is 28.6. The molecule has 0 unspecified atom stereocenters. The zero-order chi connectivity index (χ0) is 27.0. The molecule has 196 valence electrons. The lowest BCUT2D eigenvalue weighted by molar-refractivity contribution is -0.140. The second-order valence-corrected chi connectivity index (χ2v) is 11.2. The molecule has 0 spiro atoms. The highest BCUT2D eigenvalue weighted by Gasteiger charge is 2.32. The van der Waals surface area contributed by atoms with E-state index in [4.69, 9.17) is 11.6 Å². The summed E-state index contributed by atoms with van der Waals surface area (Å²) in [5, 5.41) is 3.29. The Morgan fingerprint density at radius 2 is 1.54 bits per heavy atom. The minimum Gasteiger partial charge on any atom is -0.355 e. The summed E-state index contributed by atoms with van der Waals surface area (Å²) in [5.74, 6) is -0.794. The van der Waals surface area contributed by atoms with E-state index in [0.29, 0.717) is 17.3 Å². The largest absolute Gasteiger partial charge is 0.355 e. The molecule has 0 heterocycles. The molecule has 0 aliphatic heterocycles. The van der Waals surface area contributed by atoms with E-state index >= 15 is 0 Å². The van der Waals surface area contributed by atoms with Crippen molar-refractivity contribution >= 4 is 39.1 Å². The van der Waals surface area contributed by atoms with Gasteiger partial charge in [-0.1, -0.05) is 71.8 Å². The Hall–Kier alpha value is -3.36. The fraction of sp³-hybridized carbons (Fsp3) is 0.286. The monoisotopic (exact) mass is 541 g/mol. The Morgan fingerprint density at radius 3 is 2.11 bits per heavy atom. The van der Waals surface area contributed by atoms with Gasteiger partial charge in [-0.25, -0.2) is 8.42 Å². The van der Waals surface area contributed by atoms with Gasteiger partial charge in [0, 0.05) is 24.5 Å². The molecule has 0 radical (unpaired) electrons. The third kappa shape index (κ3) is 8.06. The molecule has 9 heteroatoms. The average molecular weight is 542 g/mol. The quantitative estimate of drug-likeness (QED) is 0.394. The summed E-state index contributed by atoms with van der Waals surface area (Å²) in [6.45, 7) is 3.87. The first-order chi connectivity index (χ1) is 17.6. The fourth-order valence-electron chi connectivity index (χ4n) is 3.96. The highest BCUT2D eigenvalue weighted by Crippen LogP contribution is 2.22. The molecule has 1 atom stereocenters.